The molecule has 6 heteroatoms. The van der Waals surface area contributed by atoms with Crippen molar-refractivity contribution in [3.8, 4) is 0 Å². The van der Waals surface area contributed by atoms with Crippen LogP contribution in [0, 0.1) is 5.92 Å². The van der Waals surface area contributed by atoms with Gasteiger partial charge in [0.25, 0.3) is 0 Å². The minimum atomic E-state index is -1.05. The number of hydrogen-bond donors (Lipinski definition) is 1. The van der Waals surface area contributed by atoms with Gasteiger partial charge in [-0.2, -0.15) is 0 Å². The van der Waals surface area contributed by atoms with E-state index in [1.807, 2.05) is 0 Å². The van der Waals surface area contributed by atoms with Gasteiger partial charge in [-0.05, 0) is 36.5 Å². The molecule has 1 N–H and O–H groups in total. The molecule has 1 heterocycles. The SMILES string of the molecule is O=C(O)[C@@H]1OCC(=O)N(CC2CC2)[C@@H]1c1ccc(Cl)cc1. The summed E-state index contributed by atoms with van der Waals surface area (Å²) >= 11 is 5.88. The molecule has 1 aromatic rings. The predicted molar refractivity (Wildman–Crippen MR) is 76.0 cm³/mol. The van der Waals surface area contributed by atoms with Gasteiger partial charge in [0.05, 0.1) is 6.04 Å². The Kier molecular flexibility index (Phi) is 3.87. The molecule has 21 heavy (non-hydrogen) atoms. The molecule has 2 aliphatic rings. The molecule has 1 aromatic carbocycles. The summed E-state index contributed by atoms with van der Waals surface area (Å²) in [4.78, 5) is 25.3. The number of rotatable bonds is 4. The maximum Gasteiger partial charge on any atom is 0.335 e. The van der Waals surface area contributed by atoms with Crippen LogP contribution in [0.15, 0.2) is 24.3 Å². The summed E-state index contributed by atoms with van der Waals surface area (Å²) in [5.74, 6) is -0.723. The van der Waals surface area contributed by atoms with Crippen LogP contribution >= 0.6 is 11.6 Å². The largest absolute Gasteiger partial charge is 0.479 e. The van der Waals surface area contributed by atoms with Crippen molar-refractivity contribution in [2.45, 2.75) is 25.0 Å². The number of morpholine rings is 1. The molecule has 1 aliphatic carbocycles. The molecule has 0 bridgehead atoms. The zero-order chi connectivity index (χ0) is 15.0. The Morgan fingerprint density at radius 1 is 1.33 bits per heavy atom. The first-order chi connectivity index (χ1) is 10.1. The second kappa shape index (κ2) is 5.66. The zero-order valence-electron chi connectivity index (χ0n) is 11.4. The van der Waals surface area contributed by atoms with E-state index < -0.39 is 18.1 Å². The van der Waals surface area contributed by atoms with Gasteiger partial charge in [-0.3, -0.25) is 4.79 Å². The summed E-state index contributed by atoms with van der Waals surface area (Å²) in [5, 5.41) is 9.96. The molecular formula is C15H16ClNO4. The summed E-state index contributed by atoms with van der Waals surface area (Å²) in [6, 6.07) is 6.31. The number of amides is 1. The van der Waals surface area contributed by atoms with Crippen molar-refractivity contribution in [1.29, 1.82) is 0 Å². The maximum atomic E-state index is 12.2. The summed E-state index contributed by atoms with van der Waals surface area (Å²) < 4.78 is 5.26. The van der Waals surface area contributed by atoms with Crippen LogP contribution in [0.1, 0.15) is 24.4 Å². The number of ether oxygens (including phenoxy) is 1. The average molecular weight is 310 g/mol. The molecule has 1 aliphatic heterocycles. The fraction of sp³-hybridized carbons (Fsp3) is 0.467. The molecule has 1 amide bonds. The van der Waals surface area contributed by atoms with E-state index >= 15 is 0 Å². The minimum absolute atomic E-state index is 0.153. The van der Waals surface area contributed by atoms with E-state index in [4.69, 9.17) is 16.3 Å². The van der Waals surface area contributed by atoms with E-state index in [0.717, 1.165) is 18.4 Å². The van der Waals surface area contributed by atoms with Crippen molar-refractivity contribution in [1.82, 2.24) is 4.90 Å². The molecule has 0 unspecified atom stereocenters. The Hall–Kier alpha value is -1.59. The first kappa shape index (κ1) is 14.4. The third-order valence-corrected chi connectivity index (χ3v) is 4.19. The summed E-state index contributed by atoms with van der Waals surface area (Å²) in [5.41, 5.74) is 0.737. The Morgan fingerprint density at radius 3 is 2.57 bits per heavy atom. The van der Waals surface area contributed by atoms with Gasteiger partial charge < -0.3 is 14.7 Å². The van der Waals surface area contributed by atoms with Crippen LogP contribution in [0.4, 0.5) is 0 Å². The zero-order valence-corrected chi connectivity index (χ0v) is 12.1. The highest BCUT2D eigenvalue weighted by Gasteiger charge is 2.43. The van der Waals surface area contributed by atoms with E-state index in [1.54, 1.807) is 29.2 Å². The van der Waals surface area contributed by atoms with Gasteiger partial charge >= 0.3 is 5.97 Å². The van der Waals surface area contributed by atoms with Gasteiger partial charge in [0.1, 0.15) is 6.61 Å². The number of hydrogen-bond acceptors (Lipinski definition) is 3. The van der Waals surface area contributed by atoms with E-state index in [-0.39, 0.29) is 12.5 Å². The summed E-state index contributed by atoms with van der Waals surface area (Å²) in [7, 11) is 0. The number of aliphatic carboxylic acids is 1. The van der Waals surface area contributed by atoms with Crippen LogP contribution in [0.5, 0.6) is 0 Å². The lowest BCUT2D eigenvalue weighted by Gasteiger charge is -2.39. The molecule has 0 radical (unpaired) electrons. The average Bonchev–Trinajstić information content (AvgIpc) is 3.26. The van der Waals surface area contributed by atoms with Crippen molar-refractivity contribution in [2.75, 3.05) is 13.2 Å². The number of carboxylic acid groups (broad SMARTS) is 1. The molecule has 2 fully saturated rings. The lowest BCUT2D eigenvalue weighted by atomic mass is 9.97. The Balaban J connectivity index is 1.94. The fourth-order valence-electron chi connectivity index (χ4n) is 2.67. The standard InChI is InChI=1S/C15H16ClNO4/c16-11-5-3-10(4-6-11)13-14(15(19)20)21-8-12(18)17(13)7-9-1-2-9/h3-6,9,13-14H,1-2,7-8H2,(H,19,20)/t13-,14-/m1/s1. The molecular weight excluding hydrogens is 294 g/mol. The van der Waals surface area contributed by atoms with Crippen LogP contribution in [0.2, 0.25) is 5.02 Å². The third-order valence-electron chi connectivity index (χ3n) is 3.94. The van der Waals surface area contributed by atoms with E-state index in [0.29, 0.717) is 17.5 Å². The van der Waals surface area contributed by atoms with Gasteiger partial charge in [0.15, 0.2) is 6.10 Å². The molecule has 5 nitrogen and oxygen atoms in total. The molecule has 112 valence electrons. The second-order valence-corrected chi connectivity index (χ2v) is 5.99. The molecule has 0 spiro atoms. The van der Waals surface area contributed by atoms with Crippen LogP contribution in [0.25, 0.3) is 0 Å². The van der Waals surface area contributed by atoms with Crippen molar-refractivity contribution < 1.29 is 19.4 Å². The third kappa shape index (κ3) is 3.04. The van der Waals surface area contributed by atoms with Crippen molar-refractivity contribution in [2.24, 2.45) is 5.92 Å². The smallest absolute Gasteiger partial charge is 0.335 e. The van der Waals surface area contributed by atoms with Gasteiger partial charge in [-0.1, -0.05) is 23.7 Å². The number of carbonyl (C=O) groups excluding carboxylic acids is 1. The van der Waals surface area contributed by atoms with E-state index in [2.05, 4.69) is 0 Å². The van der Waals surface area contributed by atoms with Crippen molar-refractivity contribution >= 4 is 23.5 Å². The highest BCUT2D eigenvalue weighted by atomic mass is 35.5. The Bertz CT molecular complexity index is 555. The maximum absolute atomic E-state index is 12.2. The fourth-order valence-corrected chi connectivity index (χ4v) is 2.79. The topological polar surface area (TPSA) is 66.8 Å². The summed E-state index contributed by atoms with van der Waals surface area (Å²) in [6.07, 6.45) is 1.15. The molecule has 2 atom stereocenters. The van der Waals surface area contributed by atoms with Gasteiger partial charge in [-0.25, -0.2) is 4.79 Å². The molecule has 1 saturated carbocycles. The van der Waals surface area contributed by atoms with Crippen LogP contribution in [-0.4, -0.2) is 41.1 Å². The molecule has 1 saturated heterocycles. The number of nitrogens with zero attached hydrogens (tertiary/aromatic N) is 1. The van der Waals surface area contributed by atoms with Gasteiger partial charge in [0.2, 0.25) is 5.91 Å². The predicted octanol–water partition coefficient (Wildman–Crippen LogP) is 2.10. The lowest BCUT2D eigenvalue weighted by Crippen LogP contribution is -2.52. The Morgan fingerprint density at radius 2 is 2.00 bits per heavy atom. The lowest BCUT2D eigenvalue weighted by molar-refractivity contribution is -0.173. The van der Waals surface area contributed by atoms with E-state index in [9.17, 15) is 14.7 Å². The van der Waals surface area contributed by atoms with Gasteiger partial charge in [0, 0.05) is 11.6 Å². The monoisotopic (exact) mass is 309 g/mol. The van der Waals surface area contributed by atoms with Crippen LogP contribution in [0.3, 0.4) is 0 Å². The number of benzene rings is 1. The number of carbonyl (C=O) groups is 2. The second-order valence-electron chi connectivity index (χ2n) is 5.56. The number of halogens is 1. The van der Waals surface area contributed by atoms with Crippen LogP contribution < -0.4 is 0 Å². The van der Waals surface area contributed by atoms with Crippen molar-refractivity contribution in [3.05, 3.63) is 34.9 Å². The quantitative estimate of drug-likeness (QED) is 0.925. The van der Waals surface area contributed by atoms with Gasteiger partial charge in [-0.15, -0.1) is 0 Å². The first-order valence-corrected chi connectivity index (χ1v) is 7.33. The van der Waals surface area contributed by atoms with E-state index in [1.165, 1.54) is 0 Å². The normalized spacial score (nSPS) is 26.0. The first-order valence-electron chi connectivity index (χ1n) is 6.95. The minimum Gasteiger partial charge on any atom is -0.479 e. The Labute approximate surface area is 127 Å². The molecule has 0 aromatic heterocycles. The highest BCUT2D eigenvalue weighted by molar-refractivity contribution is 6.30. The van der Waals surface area contributed by atoms with Crippen LogP contribution in [-0.2, 0) is 14.3 Å². The van der Waals surface area contributed by atoms with Crippen molar-refractivity contribution in [3.63, 3.8) is 0 Å². The highest BCUT2D eigenvalue weighted by Crippen LogP contribution is 2.36. The number of carboxylic acids is 1. The summed E-state index contributed by atoms with van der Waals surface area (Å²) in [6.45, 7) is 0.424. The molecule has 3 rings (SSSR count).